The van der Waals surface area contributed by atoms with Crippen LogP contribution >= 0.6 is 0 Å². The standard InChI is InChI=1S/C23H33N5O4S/c1-6-28(7-2)12-13-32-18-9-11-19-17(14-18)8-10-20(25-19)21-22(26-27-23(21)29)15(3)16(4)33(30,31)24-5/h8-11,14-16,24H,6-7,12-13H2,1-5H3,(H2,26,27,29). The van der Waals surface area contributed by atoms with Gasteiger partial charge in [0, 0.05) is 17.8 Å². The van der Waals surface area contributed by atoms with Crippen LogP contribution in [-0.2, 0) is 10.0 Å². The van der Waals surface area contributed by atoms with Gasteiger partial charge in [-0.15, -0.1) is 0 Å². The fourth-order valence-electron chi connectivity index (χ4n) is 3.82. The predicted molar refractivity (Wildman–Crippen MR) is 131 cm³/mol. The lowest BCUT2D eigenvalue weighted by molar-refractivity contribution is 0.223. The summed E-state index contributed by atoms with van der Waals surface area (Å²) in [6, 6.07) is 9.33. The van der Waals surface area contributed by atoms with Gasteiger partial charge in [0.1, 0.15) is 12.4 Å². The zero-order valence-corrected chi connectivity index (χ0v) is 20.6. The Bertz CT molecular complexity index is 1250. The number of hydrogen-bond acceptors (Lipinski definition) is 6. The molecule has 2 heterocycles. The Kier molecular flexibility index (Phi) is 7.93. The molecule has 0 radical (unpaired) electrons. The Morgan fingerprint density at radius 3 is 2.52 bits per heavy atom. The van der Waals surface area contributed by atoms with Crippen LogP contribution in [0.15, 0.2) is 35.1 Å². The van der Waals surface area contributed by atoms with Crippen molar-refractivity contribution in [3.05, 3.63) is 46.4 Å². The number of aromatic nitrogens is 3. The third-order valence-electron chi connectivity index (χ3n) is 6.23. The van der Waals surface area contributed by atoms with E-state index in [1.807, 2.05) is 24.3 Å². The molecule has 0 spiro atoms. The second-order valence-electron chi connectivity index (χ2n) is 8.04. The molecule has 10 heteroatoms. The summed E-state index contributed by atoms with van der Waals surface area (Å²) in [6.45, 7) is 11.1. The number of fused-ring (bicyclic) bond motifs is 1. The van der Waals surface area contributed by atoms with Crippen molar-refractivity contribution in [2.75, 3.05) is 33.3 Å². The largest absolute Gasteiger partial charge is 0.492 e. The van der Waals surface area contributed by atoms with Crippen LogP contribution in [0.1, 0.15) is 39.3 Å². The molecule has 0 saturated carbocycles. The maximum atomic E-state index is 12.6. The fraction of sp³-hybridized carbons (Fsp3) is 0.478. The Morgan fingerprint density at radius 2 is 1.85 bits per heavy atom. The van der Waals surface area contributed by atoms with Crippen LogP contribution in [0.3, 0.4) is 0 Å². The zero-order valence-electron chi connectivity index (χ0n) is 19.8. The molecule has 3 rings (SSSR count). The molecule has 0 bridgehead atoms. The minimum Gasteiger partial charge on any atom is -0.492 e. The van der Waals surface area contributed by atoms with Crippen LogP contribution in [0.2, 0.25) is 0 Å². The number of likely N-dealkylation sites (N-methyl/N-ethyl adjacent to an activating group) is 1. The van der Waals surface area contributed by atoms with Gasteiger partial charge in [-0.3, -0.25) is 9.89 Å². The number of benzene rings is 1. The first-order chi connectivity index (χ1) is 15.7. The van der Waals surface area contributed by atoms with E-state index in [4.69, 9.17) is 4.74 Å². The minimum atomic E-state index is -3.51. The van der Waals surface area contributed by atoms with Gasteiger partial charge in [0.15, 0.2) is 0 Å². The molecule has 2 unspecified atom stereocenters. The lowest BCUT2D eigenvalue weighted by Crippen LogP contribution is -2.33. The summed E-state index contributed by atoms with van der Waals surface area (Å²) in [6.07, 6.45) is 0. The molecule has 1 aromatic carbocycles. The van der Waals surface area contributed by atoms with Crippen LogP contribution in [0.5, 0.6) is 5.75 Å². The maximum absolute atomic E-state index is 12.6. The van der Waals surface area contributed by atoms with Gasteiger partial charge in [-0.1, -0.05) is 26.8 Å². The maximum Gasteiger partial charge on any atom is 0.273 e. The predicted octanol–water partition coefficient (Wildman–Crippen LogP) is 2.68. The van der Waals surface area contributed by atoms with Crippen molar-refractivity contribution < 1.29 is 13.2 Å². The summed E-state index contributed by atoms with van der Waals surface area (Å²) in [5, 5.41) is 5.58. The van der Waals surface area contributed by atoms with E-state index in [0.717, 1.165) is 36.3 Å². The molecule has 3 aromatic rings. The molecule has 0 aliphatic carbocycles. The Labute approximate surface area is 194 Å². The smallest absolute Gasteiger partial charge is 0.273 e. The number of ether oxygens (including phenoxy) is 1. The number of nitrogens with one attached hydrogen (secondary N) is 3. The number of aromatic amines is 2. The number of pyridine rings is 1. The molecule has 0 aliphatic rings. The molecule has 180 valence electrons. The second kappa shape index (κ2) is 10.5. The van der Waals surface area contributed by atoms with Crippen molar-refractivity contribution in [3.63, 3.8) is 0 Å². The molecule has 0 saturated heterocycles. The second-order valence-corrected chi connectivity index (χ2v) is 10.3. The van der Waals surface area contributed by atoms with Crippen molar-refractivity contribution >= 4 is 20.9 Å². The minimum absolute atomic E-state index is 0.339. The first-order valence-corrected chi connectivity index (χ1v) is 12.8. The van der Waals surface area contributed by atoms with E-state index in [9.17, 15) is 13.2 Å². The van der Waals surface area contributed by atoms with Gasteiger partial charge in [0.05, 0.1) is 27.7 Å². The molecular weight excluding hydrogens is 442 g/mol. The Morgan fingerprint density at radius 1 is 1.12 bits per heavy atom. The average molecular weight is 476 g/mol. The summed E-state index contributed by atoms with van der Waals surface area (Å²) in [7, 11) is -2.13. The fourth-order valence-corrected chi connectivity index (χ4v) is 4.87. The van der Waals surface area contributed by atoms with Gasteiger partial charge in [-0.25, -0.2) is 18.1 Å². The highest BCUT2D eigenvalue weighted by Crippen LogP contribution is 2.30. The molecule has 2 atom stereocenters. The van der Waals surface area contributed by atoms with E-state index >= 15 is 0 Å². The number of nitrogens with zero attached hydrogens (tertiary/aromatic N) is 2. The van der Waals surface area contributed by atoms with E-state index in [1.165, 1.54) is 7.05 Å². The first kappa shape index (κ1) is 24.9. The molecule has 3 N–H and O–H groups in total. The van der Waals surface area contributed by atoms with Crippen LogP contribution < -0.4 is 15.0 Å². The summed E-state index contributed by atoms with van der Waals surface area (Å²) < 4.78 is 32.8. The highest BCUT2D eigenvalue weighted by atomic mass is 32.2. The van der Waals surface area contributed by atoms with Gasteiger partial charge < -0.3 is 14.7 Å². The van der Waals surface area contributed by atoms with Crippen molar-refractivity contribution in [2.45, 2.75) is 38.9 Å². The summed E-state index contributed by atoms with van der Waals surface area (Å²) >= 11 is 0. The van der Waals surface area contributed by atoms with Gasteiger partial charge >= 0.3 is 0 Å². The monoisotopic (exact) mass is 475 g/mol. The summed E-state index contributed by atoms with van der Waals surface area (Å²) in [4.78, 5) is 19.6. The van der Waals surface area contributed by atoms with E-state index in [-0.39, 0.29) is 5.56 Å². The Balaban J connectivity index is 1.87. The van der Waals surface area contributed by atoms with E-state index < -0.39 is 21.2 Å². The summed E-state index contributed by atoms with van der Waals surface area (Å²) in [5.41, 5.74) is 1.72. The molecule has 2 aromatic heterocycles. The zero-order chi connectivity index (χ0) is 24.2. The third kappa shape index (κ3) is 5.45. The highest BCUT2D eigenvalue weighted by molar-refractivity contribution is 7.90. The normalized spacial score (nSPS) is 14.0. The topological polar surface area (TPSA) is 120 Å². The van der Waals surface area contributed by atoms with Gasteiger partial charge in [-0.2, -0.15) is 0 Å². The molecule has 0 fully saturated rings. The lowest BCUT2D eigenvalue weighted by atomic mass is 9.98. The molecular formula is C23H33N5O4S. The van der Waals surface area contributed by atoms with Crippen LogP contribution in [0.4, 0.5) is 0 Å². The molecule has 9 nitrogen and oxygen atoms in total. The van der Waals surface area contributed by atoms with E-state index in [2.05, 4.69) is 38.7 Å². The SMILES string of the molecule is CCN(CC)CCOc1ccc2nc(-c3c(C(C)C(C)S(=O)(=O)NC)[nH][nH]c3=O)ccc2c1. The van der Waals surface area contributed by atoms with Gasteiger partial charge in [0.25, 0.3) is 5.56 Å². The van der Waals surface area contributed by atoms with Crippen molar-refractivity contribution in [3.8, 4) is 17.0 Å². The van der Waals surface area contributed by atoms with Gasteiger partial charge in [0.2, 0.25) is 10.0 Å². The van der Waals surface area contributed by atoms with Gasteiger partial charge in [-0.05, 0) is 51.3 Å². The molecule has 0 amide bonds. The number of hydrogen-bond donors (Lipinski definition) is 3. The highest BCUT2D eigenvalue weighted by Gasteiger charge is 2.30. The first-order valence-electron chi connectivity index (χ1n) is 11.2. The molecule has 0 aliphatic heterocycles. The van der Waals surface area contributed by atoms with Crippen molar-refractivity contribution in [2.24, 2.45) is 0 Å². The Hall–Kier alpha value is -2.69. The van der Waals surface area contributed by atoms with Crippen LogP contribution in [-0.4, -0.2) is 67.0 Å². The number of sulfonamides is 1. The van der Waals surface area contributed by atoms with Crippen molar-refractivity contribution in [1.29, 1.82) is 0 Å². The van der Waals surface area contributed by atoms with E-state index in [0.29, 0.717) is 23.6 Å². The van der Waals surface area contributed by atoms with Crippen LogP contribution in [0.25, 0.3) is 22.2 Å². The van der Waals surface area contributed by atoms with E-state index in [1.54, 1.807) is 19.9 Å². The van der Waals surface area contributed by atoms with Crippen LogP contribution in [0, 0.1) is 0 Å². The lowest BCUT2D eigenvalue weighted by Gasteiger charge is -2.19. The third-order valence-corrected chi connectivity index (χ3v) is 8.18. The number of H-pyrrole nitrogens is 2. The average Bonchev–Trinajstić information content (AvgIpc) is 3.21. The van der Waals surface area contributed by atoms with Crippen molar-refractivity contribution in [1.82, 2.24) is 24.8 Å². The quantitative estimate of drug-likeness (QED) is 0.392. The molecule has 33 heavy (non-hydrogen) atoms. The summed E-state index contributed by atoms with van der Waals surface area (Å²) in [5.74, 6) is 0.305. The number of rotatable bonds is 11.